The zero-order chi connectivity index (χ0) is 12.8. The van der Waals surface area contributed by atoms with Crippen molar-refractivity contribution in [2.24, 2.45) is 0 Å². The van der Waals surface area contributed by atoms with Crippen LogP contribution in [0.3, 0.4) is 0 Å². The largest absolute Gasteiger partial charge is 0.384 e. The number of aliphatic hydroxyl groups excluding tert-OH is 1. The van der Waals surface area contributed by atoms with Gasteiger partial charge in [0.2, 0.25) is 0 Å². The molecule has 0 fully saturated rings. The van der Waals surface area contributed by atoms with E-state index in [-0.39, 0.29) is 12.5 Å². The van der Waals surface area contributed by atoms with Crippen LogP contribution in [-0.4, -0.2) is 17.6 Å². The Kier molecular flexibility index (Phi) is 4.53. The minimum atomic E-state index is -0.137. The van der Waals surface area contributed by atoms with Crippen LogP contribution in [0.1, 0.15) is 19.4 Å². The van der Waals surface area contributed by atoms with Crippen molar-refractivity contribution in [3.05, 3.63) is 44.3 Å². The summed E-state index contributed by atoms with van der Waals surface area (Å²) in [4.78, 5) is 14.4. The summed E-state index contributed by atoms with van der Waals surface area (Å²) in [7, 11) is 0. The van der Waals surface area contributed by atoms with Gasteiger partial charge in [-0.05, 0) is 23.6 Å². The molecule has 18 heavy (non-hydrogen) atoms. The highest BCUT2D eigenvalue weighted by molar-refractivity contribution is 7.12. The van der Waals surface area contributed by atoms with Crippen LogP contribution in [0.15, 0.2) is 29.6 Å². The minimum Gasteiger partial charge on any atom is -0.384 e. The quantitative estimate of drug-likeness (QED) is 0.844. The second-order valence-corrected chi connectivity index (χ2v) is 5.50. The Morgan fingerprint density at radius 2 is 2.28 bits per heavy atom. The molecule has 3 nitrogen and oxygen atoms in total. The van der Waals surface area contributed by atoms with Gasteiger partial charge in [0, 0.05) is 4.88 Å². The standard InChI is InChI=1S/C13H11NO2S2/c15-7-1-3-10-5-6-11(18-10)9-14-13(16)12-4-2-8-17-12/h2,4-6,8,15H,7,9H2,(H,14,16). The van der Waals surface area contributed by atoms with Gasteiger partial charge >= 0.3 is 0 Å². The molecule has 92 valence electrons. The van der Waals surface area contributed by atoms with Crippen molar-refractivity contribution in [2.75, 3.05) is 6.61 Å². The molecule has 0 unspecified atom stereocenters. The Labute approximate surface area is 113 Å². The molecule has 0 saturated carbocycles. The Morgan fingerprint density at radius 1 is 1.39 bits per heavy atom. The van der Waals surface area contributed by atoms with Gasteiger partial charge in [0.25, 0.3) is 5.91 Å². The van der Waals surface area contributed by atoms with Crippen molar-refractivity contribution < 1.29 is 9.90 Å². The third-order valence-electron chi connectivity index (χ3n) is 2.12. The first-order valence-electron chi connectivity index (χ1n) is 5.30. The normalized spacial score (nSPS) is 9.61. The predicted molar refractivity (Wildman–Crippen MR) is 73.8 cm³/mol. The van der Waals surface area contributed by atoms with Gasteiger partial charge in [-0.25, -0.2) is 0 Å². The van der Waals surface area contributed by atoms with Gasteiger partial charge in [0.1, 0.15) is 6.61 Å². The second-order valence-electron chi connectivity index (χ2n) is 3.39. The van der Waals surface area contributed by atoms with E-state index in [2.05, 4.69) is 17.2 Å². The van der Waals surface area contributed by atoms with Gasteiger partial charge in [-0.3, -0.25) is 4.79 Å². The number of aliphatic hydroxyl groups is 1. The highest BCUT2D eigenvalue weighted by Gasteiger charge is 2.06. The Hall–Kier alpha value is -1.61. The molecule has 0 bridgehead atoms. The van der Waals surface area contributed by atoms with Gasteiger partial charge < -0.3 is 10.4 Å². The molecule has 0 aliphatic heterocycles. The number of carbonyl (C=O) groups is 1. The molecule has 0 aliphatic rings. The van der Waals surface area contributed by atoms with Gasteiger partial charge in [-0.2, -0.15) is 0 Å². The van der Waals surface area contributed by atoms with Crippen LogP contribution in [0.2, 0.25) is 0 Å². The molecule has 2 heterocycles. The second kappa shape index (κ2) is 6.36. The fourth-order valence-corrected chi connectivity index (χ4v) is 2.79. The van der Waals surface area contributed by atoms with Crippen LogP contribution in [0.4, 0.5) is 0 Å². The first-order chi connectivity index (χ1) is 8.79. The van der Waals surface area contributed by atoms with E-state index in [1.807, 2.05) is 23.6 Å². The fraction of sp³-hybridized carbons (Fsp3) is 0.154. The SMILES string of the molecule is O=C(NCc1ccc(C#CCO)s1)c1cccs1. The zero-order valence-corrected chi connectivity index (χ0v) is 11.1. The molecule has 0 spiro atoms. The fourth-order valence-electron chi connectivity index (χ4n) is 1.33. The van der Waals surface area contributed by atoms with Gasteiger partial charge in [0.05, 0.1) is 16.3 Å². The molecular formula is C13H11NO2S2. The lowest BCUT2D eigenvalue weighted by Gasteiger charge is -2.00. The first kappa shape index (κ1) is 12.8. The smallest absolute Gasteiger partial charge is 0.261 e. The van der Waals surface area contributed by atoms with Crippen molar-refractivity contribution >= 4 is 28.6 Å². The summed E-state index contributed by atoms with van der Waals surface area (Å²) >= 11 is 2.94. The average molecular weight is 277 g/mol. The number of amides is 1. The van der Waals surface area contributed by atoms with E-state index in [1.165, 1.54) is 22.7 Å². The van der Waals surface area contributed by atoms with Crippen molar-refractivity contribution in [3.63, 3.8) is 0 Å². The molecule has 2 rings (SSSR count). The molecule has 0 aromatic carbocycles. The summed E-state index contributed by atoms with van der Waals surface area (Å²) < 4.78 is 0. The molecule has 0 atom stereocenters. The van der Waals surface area contributed by atoms with E-state index >= 15 is 0 Å². The Bertz CT molecular complexity index is 576. The summed E-state index contributed by atoms with van der Waals surface area (Å²) in [5.41, 5.74) is 0. The monoisotopic (exact) mass is 277 g/mol. The summed E-state index contributed by atoms with van der Waals surface area (Å²) in [6, 6.07) is 7.47. The van der Waals surface area contributed by atoms with E-state index in [0.29, 0.717) is 11.4 Å². The number of hydrogen-bond acceptors (Lipinski definition) is 4. The highest BCUT2D eigenvalue weighted by atomic mass is 32.1. The molecular weight excluding hydrogens is 266 g/mol. The molecule has 2 aromatic heterocycles. The third kappa shape index (κ3) is 3.44. The summed E-state index contributed by atoms with van der Waals surface area (Å²) in [6.45, 7) is 0.366. The number of carbonyl (C=O) groups excluding carboxylic acids is 1. The van der Waals surface area contributed by atoms with E-state index in [9.17, 15) is 4.79 Å². The van der Waals surface area contributed by atoms with Crippen LogP contribution in [0.5, 0.6) is 0 Å². The third-order valence-corrected chi connectivity index (χ3v) is 3.99. The predicted octanol–water partition coefficient (Wildman–Crippen LogP) is 2.08. The molecule has 1 amide bonds. The molecule has 2 N–H and O–H groups in total. The zero-order valence-electron chi connectivity index (χ0n) is 9.47. The van der Waals surface area contributed by atoms with E-state index in [4.69, 9.17) is 5.11 Å². The number of hydrogen-bond donors (Lipinski definition) is 2. The highest BCUT2D eigenvalue weighted by Crippen LogP contribution is 2.15. The molecule has 0 radical (unpaired) electrons. The molecule has 2 aromatic rings. The maximum absolute atomic E-state index is 11.7. The Balaban J connectivity index is 1.90. The summed E-state index contributed by atoms with van der Waals surface area (Å²) in [5, 5.41) is 13.3. The van der Waals surface area contributed by atoms with Crippen LogP contribution in [-0.2, 0) is 6.54 Å². The van der Waals surface area contributed by atoms with E-state index in [0.717, 1.165) is 9.75 Å². The molecule has 0 saturated heterocycles. The topological polar surface area (TPSA) is 49.3 Å². The van der Waals surface area contributed by atoms with Crippen LogP contribution in [0.25, 0.3) is 0 Å². The number of nitrogens with one attached hydrogen (secondary N) is 1. The van der Waals surface area contributed by atoms with Crippen molar-refractivity contribution in [2.45, 2.75) is 6.54 Å². The number of rotatable bonds is 3. The maximum atomic E-state index is 11.7. The maximum Gasteiger partial charge on any atom is 0.261 e. The minimum absolute atomic E-state index is 0.0543. The van der Waals surface area contributed by atoms with E-state index in [1.54, 1.807) is 6.07 Å². The molecule has 0 aliphatic carbocycles. The van der Waals surface area contributed by atoms with Crippen molar-refractivity contribution in [1.82, 2.24) is 5.32 Å². The van der Waals surface area contributed by atoms with Crippen molar-refractivity contribution in [1.29, 1.82) is 0 Å². The first-order valence-corrected chi connectivity index (χ1v) is 6.99. The Morgan fingerprint density at radius 3 is 3.00 bits per heavy atom. The summed E-state index contributed by atoms with van der Waals surface area (Å²) in [5.74, 6) is 5.38. The van der Waals surface area contributed by atoms with Crippen molar-refractivity contribution in [3.8, 4) is 11.8 Å². The molecule has 5 heteroatoms. The van der Waals surface area contributed by atoms with Gasteiger partial charge in [-0.1, -0.05) is 17.9 Å². The van der Waals surface area contributed by atoms with Crippen LogP contribution >= 0.6 is 22.7 Å². The number of thiophene rings is 2. The van der Waals surface area contributed by atoms with Crippen LogP contribution in [0, 0.1) is 11.8 Å². The van der Waals surface area contributed by atoms with Gasteiger partial charge in [-0.15, -0.1) is 22.7 Å². The average Bonchev–Trinajstić information content (AvgIpc) is 3.04. The lowest BCUT2D eigenvalue weighted by atomic mass is 10.4. The lowest BCUT2D eigenvalue weighted by molar-refractivity contribution is 0.0955. The van der Waals surface area contributed by atoms with Crippen LogP contribution < -0.4 is 5.32 Å². The lowest BCUT2D eigenvalue weighted by Crippen LogP contribution is -2.21. The van der Waals surface area contributed by atoms with E-state index < -0.39 is 0 Å². The summed E-state index contributed by atoms with van der Waals surface area (Å²) in [6.07, 6.45) is 0. The van der Waals surface area contributed by atoms with Gasteiger partial charge in [0.15, 0.2) is 0 Å².